The van der Waals surface area contributed by atoms with E-state index >= 15 is 0 Å². The molecule has 1 N–H and O–H groups in total. The van der Waals surface area contributed by atoms with Gasteiger partial charge in [-0.3, -0.25) is 0 Å². The van der Waals surface area contributed by atoms with Gasteiger partial charge in [0.05, 0.1) is 13.2 Å². The second kappa shape index (κ2) is 4.03. The standard InChI is InChI=1S/C13H17NO4/c1-13(2)6-9(14-15-3)8-4-11-12(17-7-16-11)5-10(8)18-13/h4-5,9,14H,6-7H2,1-3H3. The minimum atomic E-state index is -0.239. The Kier molecular flexibility index (Phi) is 2.60. The zero-order chi connectivity index (χ0) is 12.8. The molecule has 0 radical (unpaired) electrons. The first kappa shape index (κ1) is 11.6. The Morgan fingerprint density at radius 1 is 1.22 bits per heavy atom. The van der Waals surface area contributed by atoms with Crippen LogP contribution in [0.5, 0.6) is 17.2 Å². The SMILES string of the molecule is CONC1CC(C)(C)Oc2cc3c(cc21)OCO3. The summed E-state index contributed by atoms with van der Waals surface area (Å²) < 4.78 is 16.8. The molecule has 0 amide bonds. The van der Waals surface area contributed by atoms with Crippen molar-refractivity contribution in [2.24, 2.45) is 0 Å². The van der Waals surface area contributed by atoms with E-state index in [0.29, 0.717) is 0 Å². The van der Waals surface area contributed by atoms with Crippen molar-refractivity contribution in [1.29, 1.82) is 0 Å². The van der Waals surface area contributed by atoms with Crippen LogP contribution < -0.4 is 19.7 Å². The molecule has 0 saturated heterocycles. The van der Waals surface area contributed by atoms with Gasteiger partial charge in [0.25, 0.3) is 0 Å². The van der Waals surface area contributed by atoms with Gasteiger partial charge in [0, 0.05) is 18.1 Å². The topological polar surface area (TPSA) is 49.0 Å². The summed E-state index contributed by atoms with van der Waals surface area (Å²) in [5, 5.41) is 0. The smallest absolute Gasteiger partial charge is 0.231 e. The molecule has 98 valence electrons. The van der Waals surface area contributed by atoms with E-state index in [1.165, 1.54) is 0 Å². The Bertz CT molecular complexity index is 472. The molecule has 0 aliphatic carbocycles. The predicted molar refractivity (Wildman–Crippen MR) is 64.8 cm³/mol. The summed E-state index contributed by atoms with van der Waals surface area (Å²) in [5.74, 6) is 2.33. The molecule has 5 heteroatoms. The number of nitrogens with one attached hydrogen (secondary N) is 1. The third kappa shape index (κ3) is 1.89. The van der Waals surface area contributed by atoms with Gasteiger partial charge in [-0.15, -0.1) is 0 Å². The van der Waals surface area contributed by atoms with Crippen LogP contribution in [0.2, 0.25) is 0 Å². The molecule has 1 atom stereocenters. The first-order valence-electron chi connectivity index (χ1n) is 6.00. The average Bonchev–Trinajstić information content (AvgIpc) is 2.72. The summed E-state index contributed by atoms with van der Waals surface area (Å²) in [6.45, 7) is 4.39. The third-order valence-electron chi connectivity index (χ3n) is 3.22. The quantitative estimate of drug-likeness (QED) is 0.816. The molecule has 0 saturated carbocycles. The Labute approximate surface area is 106 Å². The van der Waals surface area contributed by atoms with E-state index in [4.69, 9.17) is 19.0 Å². The zero-order valence-electron chi connectivity index (χ0n) is 10.8. The molecular formula is C13H17NO4. The number of hydrogen-bond acceptors (Lipinski definition) is 5. The number of benzene rings is 1. The Morgan fingerprint density at radius 3 is 2.67 bits per heavy atom. The highest BCUT2D eigenvalue weighted by atomic mass is 16.7. The maximum Gasteiger partial charge on any atom is 0.231 e. The van der Waals surface area contributed by atoms with E-state index in [1.807, 2.05) is 12.1 Å². The van der Waals surface area contributed by atoms with Gasteiger partial charge < -0.3 is 19.0 Å². The molecule has 1 unspecified atom stereocenters. The molecule has 1 aromatic carbocycles. The van der Waals surface area contributed by atoms with E-state index in [2.05, 4.69) is 19.3 Å². The van der Waals surface area contributed by atoms with Gasteiger partial charge in [0.1, 0.15) is 11.4 Å². The fourth-order valence-electron chi connectivity index (χ4n) is 2.49. The highest BCUT2D eigenvalue weighted by Gasteiger charge is 2.35. The van der Waals surface area contributed by atoms with Crippen molar-refractivity contribution in [3.63, 3.8) is 0 Å². The van der Waals surface area contributed by atoms with Crippen LogP contribution >= 0.6 is 0 Å². The van der Waals surface area contributed by atoms with Crippen LogP contribution in [0.25, 0.3) is 0 Å². The molecule has 1 aromatic rings. The molecule has 5 nitrogen and oxygen atoms in total. The molecule has 0 spiro atoms. The van der Waals surface area contributed by atoms with Crippen LogP contribution in [0, 0.1) is 0 Å². The van der Waals surface area contributed by atoms with Crippen LogP contribution in [0.4, 0.5) is 0 Å². The Hall–Kier alpha value is -1.46. The van der Waals surface area contributed by atoms with Crippen LogP contribution in [0.3, 0.4) is 0 Å². The van der Waals surface area contributed by atoms with Gasteiger partial charge in [0.2, 0.25) is 6.79 Å². The van der Waals surface area contributed by atoms with Crippen LogP contribution in [-0.4, -0.2) is 19.5 Å². The first-order valence-corrected chi connectivity index (χ1v) is 6.00. The molecule has 3 rings (SSSR count). The van der Waals surface area contributed by atoms with Crippen molar-refractivity contribution in [1.82, 2.24) is 5.48 Å². The van der Waals surface area contributed by atoms with Crippen molar-refractivity contribution < 1.29 is 19.0 Å². The summed E-state index contributed by atoms with van der Waals surface area (Å²) in [5.41, 5.74) is 3.81. The normalized spacial score (nSPS) is 23.4. The number of fused-ring (bicyclic) bond motifs is 2. The molecule has 2 aliphatic rings. The fourth-order valence-corrected chi connectivity index (χ4v) is 2.49. The van der Waals surface area contributed by atoms with Crippen LogP contribution in [0.1, 0.15) is 31.9 Å². The first-order chi connectivity index (χ1) is 8.59. The monoisotopic (exact) mass is 251 g/mol. The van der Waals surface area contributed by atoms with Crippen molar-refractivity contribution in [3.8, 4) is 17.2 Å². The van der Waals surface area contributed by atoms with Gasteiger partial charge in [-0.25, -0.2) is 0 Å². The zero-order valence-corrected chi connectivity index (χ0v) is 10.8. The second-order valence-corrected chi connectivity index (χ2v) is 5.18. The molecule has 2 aliphatic heterocycles. The maximum absolute atomic E-state index is 5.99. The number of hydrogen-bond donors (Lipinski definition) is 1. The van der Waals surface area contributed by atoms with Crippen molar-refractivity contribution in [2.45, 2.75) is 31.9 Å². The van der Waals surface area contributed by atoms with Gasteiger partial charge in [-0.2, -0.15) is 5.48 Å². The summed E-state index contributed by atoms with van der Waals surface area (Å²) in [4.78, 5) is 5.07. The van der Waals surface area contributed by atoms with Crippen LogP contribution in [-0.2, 0) is 4.84 Å². The van der Waals surface area contributed by atoms with Crippen molar-refractivity contribution in [3.05, 3.63) is 17.7 Å². The lowest BCUT2D eigenvalue weighted by molar-refractivity contribution is 0.00288. The molecular weight excluding hydrogens is 234 g/mol. The molecule has 0 fully saturated rings. The lowest BCUT2D eigenvalue weighted by Crippen LogP contribution is -2.39. The van der Waals surface area contributed by atoms with Crippen molar-refractivity contribution >= 4 is 0 Å². The fraction of sp³-hybridized carbons (Fsp3) is 0.538. The van der Waals surface area contributed by atoms with Gasteiger partial charge in [-0.05, 0) is 19.9 Å². The molecule has 0 aromatic heterocycles. The number of hydroxylamine groups is 1. The lowest BCUT2D eigenvalue weighted by Gasteiger charge is -2.37. The van der Waals surface area contributed by atoms with Gasteiger partial charge >= 0.3 is 0 Å². The van der Waals surface area contributed by atoms with Gasteiger partial charge in [0.15, 0.2) is 11.5 Å². The number of rotatable bonds is 2. The van der Waals surface area contributed by atoms with Crippen LogP contribution in [0.15, 0.2) is 12.1 Å². The molecule has 2 heterocycles. The number of ether oxygens (including phenoxy) is 3. The lowest BCUT2D eigenvalue weighted by atomic mass is 9.90. The average molecular weight is 251 g/mol. The predicted octanol–water partition coefficient (Wildman–Crippen LogP) is 2.17. The molecule has 0 bridgehead atoms. The molecule has 18 heavy (non-hydrogen) atoms. The highest BCUT2D eigenvalue weighted by molar-refractivity contribution is 5.53. The van der Waals surface area contributed by atoms with E-state index < -0.39 is 0 Å². The Morgan fingerprint density at radius 2 is 1.94 bits per heavy atom. The largest absolute Gasteiger partial charge is 0.487 e. The van der Waals surface area contributed by atoms with Crippen molar-refractivity contribution in [2.75, 3.05) is 13.9 Å². The van der Waals surface area contributed by atoms with Gasteiger partial charge in [-0.1, -0.05) is 0 Å². The van der Waals surface area contributed by atoms with E-state index in [9.17, 15) is 0 Å². The Balaban J connectivity index is 2.03. The summed E-state index contributed by atoms with van der Waals surface area (Å²) >= 11 is 0. The van der Waals surface area contributed by atoms with E-state index in [0.717, 1.165) is 29.2 Å². The minimum absolute atomic E-state index is 0.0863. The van der Waals surface area contributed by atoms with E-state index in [-0.39, 0.29) is 18.4 Å². The summed E-state index contributed by atoms with van der Waals surface area (Å²) in [6, 6.07) is 3.94. The maximum atomic E-state index is 5.99. The minimum Gasteiger partial charge on any atom is -0.487 e. The van der Waals surface area contributed by atoms with E-state index in [1.54, 1.807) is 7.11 Å². The summed E-state index contributed by atoms with van der Waals surface area (Å²) in [6.07, 6.45) is 0.827. The third-order valence-corrected chi connectivity index (χ3v) is 3.22. The highest BCUT2D eigenvalue weighted by Crippen LogP contribution is 2.46. The summed E-state index contributed by atoms with van der Waals surface area (Å²) in [7, 11) is 1.62. The second-order valence-electron chi connectivity index (χ2n) is 5.18.